The second-order valence-corrected chi connectivity index (χ2v) is 5.39. The van der Waals surface area contributed by atoms with Gasteiger partial charge in [0.05, 0.1) is 11.8 Å². The third kappa shape index (κ3) is 3.19. The van der Waals surface area contributed by atoms with Crippen molar-refractivity contribution in [2.45, 2.75) is 25.7 Å². The first kappa shape index (κ1) is 15.0. The lowest BCUT2D eigenvalue weighted by Gasteiger charge is -2.27. The number of hydrogen-bond donors (Lipinski definition) is 2. The van der Waals surface area contributed by atoms with Gasteiger partial charge in [-0.1, -0.05) is 36.0 Å². The largest absolute Gasteiger partial charge is 0.481 e. The Kier molecular flexibility index (Phi) is 4.77. The summed E-state index contributed by atoms with van der Waals surface area (Å²) in [7, 11) is 0. The van der Waals surface area contributed by atoms with Crippen LogP contribution in [0.25, 0.3) is 0 Å². The zero-order valence-corrected chi connectivity index (χ0v) is 12.0. The van der Waals surface area contributed by atoms with Gasteiger partial charge in [-0.2, -0.15) is 0 Å². The molecule has 1 aliphatic carbocycles. The van der Waals surface area contributed by atoms with Crippen LogP contribution >= 0.6 is 23.2 Å². The van der Waals surface area contributed by atoms with Crippen molar-refractivity contribution in [1.29, 1.82) is 0 Å². The van der Waals surface area contributed by atoms with E-state index in [1.54, 1.807) is 0 Å². The normalized spacial score (nSPS) is 22.3. The van der Waals surface area contributed by atoms with E-state index in [-0.39, 0.29) is 16.0 Å². The Morgan fingerprint density at radius 2 is 1.85 bits per heavy atom. The third-order valence-electron chi connectivity index (χ3n) is 3.41. The smallest absolute Gasteiger partial charge is 0.307 e. The first-order valence-corrected chi connectivity index (χ1v) is 6.96. The molecule has 2 atom stereocenters. The Bertz CT molecular complexity index is 539. The predicted octanol–water partition coefficient (Wildman–Crippen LogP) is 2.61. The highest BCUT2D eigenvalue weighted by Gasteiger charge is 2.36. The molecule has 1 heterocycles. The van der Waals surface area contributed by atoms with Gasteiger partial charge in [-0.3, -0.25) is 9.59 Å². The minimum atomic E-state index is -0.948. The first-order chi connectivity index (χ1) is 9.50. The van der Waals surface area contributed by atoms with Crippen molar-refractivity contribution in [3.8, 4) is 0 Å². The van der Waals surface area contributed by atoms with Crippen LogP contribution in [0.5, 0.6) is 0 Å². The maximum atomic E-state index is 12.2. The van der Waals surface area contributed by atoms with Gasteiger partial charge in [-0.25, -0.2) is 9.97 Å². The van der Waals surface area contributed by atoms with Crippen LogP contribution in [0.3, 0.4) is 0 Å². The minimum Gasteiger partial charge on any atom is -0.481 e. The number of rotatable bonds is 3. The van der Waals surface area contributed by atoms with Gasteiger partial charge < -0.3 is 10.4 Å². The molecule has 1 fully saturated rings. The number of carbonyl (C=O) groups is 2. The SMILES string of the molecule is O=C(O)[C@H]1CCCC[C@H]1C(=O)Nc1ncnc(Cl)c1Cl. The zero-order valence-electron chi connectivity index (χ0n) is 10.5. The van der Waals surface area contributed by atoms with Crippen LogP contribution in [0, 0.1) is 11.8 Å². The average molecular weight is 318 g/mol. The van der Waals surface area contributed by atoms with Gasteiger partial charge in [0.1, 0.15) is 11.3 Å². The number of carboxylic acids is 1. The number of nitrogens with zero attached hydrogens (tertiary/aromatic N) is 2. The van der Waals surface area contributed by atoms with Gasteiger partial charge in [0.2, 0.25) is 5.91 Å². The molecule has 0 aromatic carbocycles. The summed E-state index contributed by atoms with van der Waals surface area (Å²) in [6, 6.07) is 0. The first-order valence-electron chi connectivity index (χ1n) is 6.20. The lowest BCUT2D eigenvalue weighted by atomic mass is 9.79. The van der Waals surface area contributed by atoms with E-state index in [1.165, 1.54) is 6.33 Å². The van der Waals surface area contributed by atoms with Crippen LogP contribution in [-0.2, 0) is 9.59 Å². The van der Waals surface area contributed by atoms with E-state index in [0.717, 1.165) is 12.8 Å². The standard InChI is InChI=1S/C12H13Cl2N3O3/c13-8-9(14)15-5-16-10(8)17-11(18)6-3-1-2-4-7(6)12(19)20/h5-7H,1-4H2,(H,19,20)(H,15,16,17,18)/t6-,7+/m1/s1. The second-order valence-electron chi connectivity index (χ2n) is 4.65. The van der Waals surface area contributed by atoms with Gasteiger partial charge in [0.15, 0.2) is 11.0 Å². The summed E-state index contributed by atoms with van der Waals surface area (Å²) in [5.41, 5.74) is 0. The number of carbonyl (C=O) groups excluding carboxylic acids is 1. The Morgan fingerprint density at radius 1 is 1.20 bits per heavy atom. The molecule has 20 heavy (non-hydrogen) atoms. The van der Waals surface area contributed by atoms with Gasteiger partial charge in [-0.15, -0.1) is 0 Å². The Hall–Kier alpha value is -1.40. The van der Waals surface area contributed by atoms with E-state index in [4.69, 9.17) is 28.3 Å². The van der Waals surface area contributed by atoms with E-state index < -0.39 is 23.7 Å². The van der Waals surface area contributed by atoms with Crippen molar-refractivity contribution in [1.82, 2.24) is 9.97 Å². The summed E-state index contributed by atoms with van der Waals surface area (Å²) >= 11 is 11.6. The summed E-state index contributed by atoms with van der Waals surface area (Å²) in [6.07, 6.45) is 3.88. The number of hydrogen-bond acceptors (Lipinski definition) is 4. The lowest BCUT2D eigenvalue weighted by molar-refractivity contribution is -0.147. The fourth-order valence-electron chi connectivity index (χ4n) is 2.39. The maximum Gasteiger partial charge on any atom is 0.307 e. The van der Waals surface area contributed by atoms with Crippen molar-refractivity contribution < 1.29 is 14.7 Å². The number of anilines is 1. The molecule has 6 nitrogen and oxygen atoms in total. The van der Waals surface area contributed by atoms with E-state index >= 15 is 0 Å². The summed E-state index contributed by atoms with van der Waals surface area (Å²) in [4.78, 5) is 30.9. The van der Waals surface area contributed by atoms with Crippen molar-refractivity contribution in [2.24, 2.45) is 11.8 Å². The van der Waals surface area contributed by atoms with Crippen molar-refractivity contribution >= 4 is 40.9 Å². The molecular weight excluding hydrogens is 305 g/mol. The van der Waals surface area contributed by atoms with Crippen LogP contribution < -0.4 is 5.32 Å². The quantitative estimate of drug-likeness (QED) is 0.836. The van der Waals surface area contributed by atoms with Gasteiger partial charge >= 0.3 is 5.97 Å². The molecule has 1 aromatic rings. The molecule has 1 amide bonds. The summed E-state index contributed by atoms with van der Waals surface area (Å²) in [5, 5.41) is 11.8. The molecular formula is C12H13Cl2N3O3. The molecule has 0 radical (unpaired) electrons. The lowest BCUT2D eigenvalue weighted by Crippen LogP contribution is -2.36. The molecule has 1 aromatic heterocycles. The van der Waals surface area contributed by atoms with E-state index in [9.17, 15) is 9.59 Å². The molecule has 2 N–H and O–H groups in total. The molecule has 0 bridgehead atoms. The monoisotopic (exact) mass is 317 g/mol. The molecule has 0 saturated heterocycles. The van der Waals surface area contributed by atoms with Crippen molar-refractivity contribution in [2.75, 3.05) is 5.32 Å². The third-order valence-corrected chi connectivity index (χ3v) is 4.15. The van der Waals surface area contributed by atoms with Crippen LogP contribution in [0.1, 0.15) is 25.7 Å². The highest BCUT2D eigenvalue weighted by Crippen LogP contribution is 2.32. The van der Waals surface area contributed by atoms with E-state index in [0.29, 0.717) is 12.8 Å². The molecule has 0 spiro atoms. The second kappa shape index (κ2) is 6.37. The summed E-state index contributed by atoms with van der Waals surface area (Å²) < 4.78 is 0. The van der Waals surface area contributed by atoms with Gasteiger partial charge in [0.25, 0.3) is 0 Å². The molecule has 8 heteroatoms. The molecule has 2 rings (SSSR count). The minimum absolute atomic E-state index is 0.0374. The summed E-state index contributed by atoms with van der Waals surface area (Å²) in [6.45, 7) is 0. The fraction of sp³-hybridized carbons (Fsp3) is 0.500. The fourth-order valence-corrected chi connectivity index (χ4v) is 2.66. The maximum absolute atomic E-state index is 12.2. The summed E-state index contributed by atoms with van der Waals surface area (Å²) in [5.74, 6) is -2.48. The van der Waals surface area contributed by atoms with Crippen LogP contribution in [0.2, 0.25) is 10.2 Å². The number of aliphatic carboxylic acids is 1. The van der Waals surface area contributed by atoms with Crippen LogP contribution in [0.15, 0.2) is 6.33 Å². The zero-order chi connectivity index (χ0) is 14.7. The Morgan fingerprint density at radius 3 is 2.50 bits per heavy atom. The Labute approximate surface area is 125 Å². The van der Waals surface area contributed by atoms with E-state index in [2.05, 4.69) is 15.3 Å². The number of carboxylic acid groups (broad SMARTS) is 1. The highest BCUT2D eigenvalue weighted by atomic mass is 35.5. The molecule has 1 saturated carbocycles. The predicted molar refractivity (Wildman–Crippen MR) is 73.8 cm³/mol. The van der Waals surface area contributed by atoms with Gasteiger partial charge in [0, 0.05) is 0 Å². The molecule has 108 valence electrons. The number of aromatic nitrogens is 2. The Balaban J connectivity index is 2.14. The average Bonchev–Trinajstić information content (AvgIpc) is 2.43. The van der Waals surface area contributed by atoms with Crippen molar-refractivity contribution in [3.63, 3.8) is 0 Å². The highest BCUT2D eigenvalue weighted by molar-refractivity contribution is 6.42. The number of halogens is 2. The molecule has 1 aliphatic rings. The van der Waals surface area contributed by atoms with Crippen molar-refractivity contribution in [3.05, 3.63) is 16.5 Å². The topological polar surface area (TPSA) is 92.2 Å². The number of amides is 1. The molecule has 0 unspecified atom stereocenters. The van der Waals surface area contributed by atoms with Gasteiger partial charge in [-0.05, 0) is 12.8 Å². The number of nitrogens with one attached hydrogen (secondary N) is 1. The van der Waals surface area contributed by atoms with Crippen LogP contribution in [-0.4, -0.2) is 27.0 Å². The molecule has 0 aliphatic heterocycles. The van der Waals surface area contributed by atoms with Crippen LogP contribution in [0.4, 0.5) is 5.82 Å². The van der Waals surface area contributed by atoms with E-state index in [1.807, 2.05) is 0 Å².